The van der Waals surface area contributed by atoms with Gasteiger partial charge >= 0.3 is 0 Å². The quantitative estimate of drug-likeness (QED) is 0.651. The van der Waals surface area contributed by atoms with Crippen molar-refractivity contribution in [1.82, 2.24) is 5.32 Å². The monoisotopic (exact) mass is 159 g/mol. The molecule has 0 aromatic carbocycles. The predicted molar refractivity (Wildman–Crippen MR) is 44.2 cm³/mol. The number of nitrogens with one attached hydrogen (secondary N) is 1. The molecule has 0 spiro atoms. The molecule has 1 N–H and O–H groups in total. The summed E-state index contributed by atoms with van der Waals surface area (Å²) < 4.78 is 0. The summed E-state index contributed by atoms with van der Waals surface area (Å²) in [5.74, 6) is 0.849. The molecule has 1 aliphatic heterocycles. The molecule has 3 heteroatoms. The minimum atomic E-state index is 0.192. The molecule has 0 aromatic rings. The second kappa shape index (κ2) is 3.86. The molecule has 1 fully saturated rings. The van der Waals surface area contributed by atoms with Gasteiger partial charge in [-0.2, -0.15) is 0 Å². The van der Waals surface area contributed by atoms with Crippen LogP contribution in [0.2, 0.25) is 0 Å². The van der Waals surface area contributed by atoms with Crippen molar-refractivity contribution in [3.05, 3.63) is 0 Å². The lowest BCUT2D eigenvalue weighted by Crippen LogP contribution is -2.37. The molecule has 0 bridgehead atoms. The van der Waals surface area contributed by atoms with Gasteiger partial charge in [0.15, 0.2) is 0 Å². The van der Waals surface area contributed by atoms with Gasteiger partial charge in [0.1, 0.15) is 0 Å². The summed E-state index contributed by atoms with van der Waals surface area (Å²) >= 11 is 1.78. The lowest BCUT2D eigenvalue weighted by Gasteiger charge is -2.20. The molecule has 1 atom stereocenters. The molecule has 1 saturated heterocycles. The summed E-state index contributed by atoms with van der Waals surface area (Å²) in [5, 5.41) is 3.53. The highest BCUT2D eigenvalue weighted by Crippen LogP contribution is 2.18. The number of thioether (sulfide) groups is 1. The molecule has 0 radical (unpaired) electrons. The van der Waals surface area contributed by atoms with E-state index in [4.69, 9.17) is 0 Å². The Kier molecular flexibility index (Phi) is 3.06. The van der Waals surface area contributed by atoms with Gasteiger partial charge in [0, 0.05) is 11.8 Å². The molecule has 10 heavy (non-hydrogen) atoms. The summed E-state index contributed by atoms with van der Waals surface area (Å²) in [6.45, 7) is 3.05. The van der Waals surface area contributed by atoms with Crippen LogP contribution in [0, 0.1) is 0 Å². The van der Waals surface area contributed by atoms with Gasteiger partial charge < -0.3 is 5.32 Å². The van der Waals surface area contributed by atoms with Crippen molar-refractivity contribution in [2.75, 3.05) is 12.3 Å². The van der Waals surface area contributed by atoms with E-state index in [1.807, 2.05) is 0 Å². The molecule has 0 aromatic heterocycles. The minimum absolute atomic E-state index is 0.192. The zero-order valence-corrected chi connectivity index (χ0v) is 7.04. The Hall–Kier alpha value is -0.180. The molecule has 1 heterocycles. The lowest BCUT2D eigenvalue weighted by molar-refractivity contribution is -0.118. The van der Waals surface area contributed by atoms with E-state index in [0.29, 0.717) is 11.0 Å². The van der Waals surface area contributed by atoms with Crippen LogP contribution >= 0.6 is 11.8 Å². The number of carbonyl (C=O) groups is 1. The number of amides is 1. The molecule has 0 aliphatic carbocycles. The van der Waals surface area contributed by atoms with Gasteiger partial charge in [-0.05, 0) is 6.42 Å². The second-order valence-electron chi connectivity index (χ2n) is 2.53. The van der Waals surface area contributed by atoms with Crippen LogP contribution in [0.1, 0.15) is 19.8 Å². The van der Waals surface area contributed by atoms with Gasteiger partial charge in [0.25, 0.3) is 0 Å². The molecule has 58 valence electrons. The minimum Gasteiger partial charge on any atom is -0.354 e. The van der Waals surface area contributed by atoms with Crippen LogP contribution in [0.15, 0.2) is 0 Å². The molecule has 2 nitrogen and oxygen atoms in total. The van der Waals surface area contributed by atoms with Crippen LogP contribution in [0.4, 0.5) is 0 Å². The molecule has 1 amide bonds. The fraction of sp³-hybridized carbons (Fsp3) is 0.857. The maximum absolute atomic E-state index is 10.7. The fourth-order valence-corrected chi connectivity index (χ4v) is 2.13. The van der Waals surface area contributed by atoms with Gasteiger partial charge in [-0.3, -0.25) is 4.79 Å². The van der Waals surface area contributed by atoms with Crippen molar-refractivity contribution in [2.24, 2.45) is 0 Å². The Morgan fingerprint density at radius 1 is 1.80 bits per heavy atom. The average Bonchev–Trinajstić information content (AvgIpc) is 1.95. The molecule has 0 saturated carbocycles. The molecule has 1 aliphatic rings. The Bertz CT molecular complexity index is 117. The van der Waals surface area contributed by atoms with Crippen LogP contribution in [-0.4, -0.2) is 23.5 Å². The first kappa shape index (κ1) is 7.92. The topological polar surface area (TPSA) is 29.1 Å². The third-order valence-corrected chi connectivity index (χ3v) is 2.89. The smallest absolute Gasteiger partial charge is 0.230 e. The van der Waals surface area contributed by atoms with E-state index in [-0.39, 0.29) is 5.91 Å². The zero-order chi connectivity index (χ0) is 7.40. The second-order valence-corrected chi connectivity index (χ2v) is 3.81. The third kappa shape index (κ3) is 2.21. The van der Waals surface area contributed by atoms with Crippen molar-refractivity contribution < 1.29 is 4.79 Å². The van der Waals surface area contributed by atoms with E-state index in [1.165, 1.54) is 12.8 Å². The lowest BCUT2D eigenvalue weighted by atomic mass is 10.2. The first-order valence-corrected chi connectivity index (χ1v) is 4.76. The first-order chi connectivity index (χ1) is 4.83. The van der Waals surface area contributed by atoms with Crippen LogP contribution in [0.3, 0.4) is 0 Å². The van der Waals surface area contributed by atoms with Crippen molar-refractivity contribution >= 4 is 17.7 Å². The Morgan fingerprint density at radius 2 is 2.60 bits per heavy atom. The highest BCUT2D eigenvalue weighted by Gasteiger charge is 2.16. The summed E-state index contributed by atoms with van der Waals surface area (Å²) in [5.41, 5.74) is 0. The SMILES string of the molecule is CCCC1CNC(=O)CS1. The standard InChI is InChI=1S/C7H13NOS/c1-2-3-6-4-8-7(9)5-10-6/h6H,2-5H2,1H3,(H,8,9). The predicted octanol–water partition coefficient (Wildman–Crippen LogP) is 1.02. The van der Waals surface area contributed by atoms with Crippen LogP contribution in [0.25, 0.3) is 0 Å². The number of rotatable bonds is 2. The van der Waals surface area contributed by atoms with Gasteiger partial charge in [-0.25, -0.2) is 0 Å². The van der Waals surface area contributed by atoms with Crippen LogP contribution < -0.4 is 5.32 Å². The molecular weight excluding hydrogens is 146 g/mol. The molecular formula is C7H13NOS. The largest absolute Gasteiger partial charge is 0.354 e. The highest BCUT2D eigenvalue weighted by molar-refractivity contribution is 8.00. The van der Waals surface area contributed by atoms with Crippen molar-refractivity contribution in [3.8, 4) is 0 Å². The fourth-order valence-electron chi connectivity index (χ4n) is 1.04. The van der Waals surface area contributed by atoms with Crippen LogP contribution in [-0.2, 0) is 4.79 Å². The normalized spacial score (nSPS) is 26.1. The van der Waals surface area contributed by atoms with Crippen LogP contribution in [0.5, 0.6) is 0 Å². The summed E-state index contributed by atoms with van der Waals surface area (Å²) in [6.07, 6.45) is 2.44. The summed E-state index contributed by atoms with van der Waals surface area (Å²) in [7, 11) is 0. The van der Waals surface area contributed by atoms with Gasteiger partial charge in [0.2, 0.25) is 5.91 Å². The van der Waals surface area contributed by atoms with E-state index >= 15 is 0 Å². The van der Waals surface area contributed by atoms with E-state index in [1.54, 1.807) is 11.8 Å². The molecule has 1 rings (SSSR count). The zero-order valence-electron chi connectivity index (χ0n) is 6.22. The van der Waals surface area contributed by atoms with Gasteiger partial charge in [-0.1, -0.05) is 13.3 Å². The molecule has 1 unspecified atom stereocenters. The van der Waals surface area contributed by atoms with E-state index < -0.39 is 0 Å². The summed E-state index contributed by atoms with van der Waals surface area (Å²) in [4.78, 5) is 10.7. The number of carbonyl (C=O) groups excluding carboxylic acids is 1. The van der Waals surface area contributed by atoms with Gasteiger partial charge in [0.05, 0.1) is 5.75 Å². The highest BCUT2D eigenvalue weighted by atomic mass is 32.2. The first-order valence-electron chi connectivity index (χ1n) is 3.71. The maximum Gasteiger partial charge on any atom is 0.230 e. The Balaban J connectivity index is 2.19. The van der Waals surface area contributed by atoms with E-state index in [2.05, 4.69) is 12.2 Å². The Morgan fingerprint density at radius 3 is 3.10 bits per heavy atom. The number of hydrogen-bond acceptors (Lipinski definition) is 2. The Labute approximate surface area is 65.8 Å². The van der Waals surface area contributed by atoms with Crippen molar-refractivity contribution in [1.29, 1.82) is 0 Å². The maximum atomic E-state index is 10.7. The van der Waals surface area contributed by atoms with E-state index in [0.717, 1.165) is 6.54 Å². The van der Waals surface area contributed by atoms with Crippen molar-refractivity contribution in [2.45, 2.75) is 25.0 Å². The third-order valence-electron chi connectivity index (χ3n) is 1.59. The van der Waals surface area contributed by atoms with Crippen molar-refractivity contribution in [3.63, 3.8) is 0 Å². The summed E-state index contributed by atoms with van der Waals surface area (Å²) in [6, 6.07) is 0. The average molecular weight is 159 g/mol. The van der Waals surface area contributed by atoms with Gasteiger partial charge in [-0.15, -0.1) is 11.8 Å². The number of hydrogen-bond donors (Lipinski definition) is 1. The van der Waals surface area contributed by atoms with E-state index in [9.17, 15) is 4.79 Å².